The summed E-state index contributed by atoms with van der Waals surface area (Å²) < 4.78 is 31.8. The highest BCUT2D eigenvalue weighted by molar-refractivity contribution is 5.99. The number of benzene rings is 1. The number of aliphatic imine (C=N–C) groups is 1. The first-order valence-corrected chi connectivity index (χ1v) is 14.0. The first kappa shape index (κ1) is 36.2. The van der Waals surface area contributed by atoms with Gasteiger partial charge < -0.3 is 33.7 Å². The molecular weight excluding hydrogens is 548 g/mol. The minimum atomic E-state index is -0.677. The van der Waals surface area contributed by atoms with E-state index in [4.69, 9.17) is 28.4 Å². The summed E-state index contributed by atoms with van der Waals surface area (Å²) in [6.45, 7) is 11.7. The van der Waals surface area contributed by atoms with Gasteiger partial charge in [0.15, 0.2) is 0 Å². The van der Waals surface area contributed by atoms with Crippen molar-refractivity contribution >= 4 is 30.3 Å². The second-order valence-corrected chi connectivity index (χ2v) is 11.3. The van der Waals surface area contributed by atoms with Crippen LogP contribution in [0.5, 0.6) is 11.5 Å². The molecule has 1 aromatic carbocycles. The van der Waals surface area contributed by atoms with Crippen LogP contribution in [-0.4, -0.2) is 75.5 Å². The molecule has 0 radical (unpaired) electrons. The van der Waals surface area contributed by atoms with Gasteiger partial charge in [-0.1, -0.05) is 0 Å². The summed E-state index contributed by atoms with van der Waals surface area (Å²) in [4.78, 5) is 52.0. The molecule has 0 saturated heterocycles. The average Bonchev–Trinajstić information content (AvgIpc) is 2.89. The van der Waals surface area contributed by atoms with Gasteiger partial charge in [0.25, 0.3) is 0 Å². The Morgan fingerprint density at radius 1 is 0.738 bits per heavy atom. The van der Waals surface area contributed by atoms with Gasteiger partial charge in [-0.25, -0.2) is 19.2 Å². The molecule has 0 bridgehead atoms. The largest absolute Gasteiger partial charge is 0.493 e. The number of esters is 2. The highest BCUT2D eigenvalue weighted by atomic mass is 16.6. The molecule has 236 valence electrons. The van der Waals surface area contributed by atoms with Crippen LogP contribution in [0.25, 0.3) is 0 Å². The molecule has 0 aliphatic rings. The maximum absolute atomic E-state index is 12.4. The van der Waals surface area contributed by atoms with Gasteiger partial charge in [0, 0.05) is 18.8 Å². The van der Waals surface area contributed by atoms with E-state index in [0.717, 1.165) is 6.42 Å². The van der Waals surface area contributed by atoms with Gasteiger partial charge in [0.2, 0.25) is 0 Å². The zero-order valence-electron chi connectivity index (χ0n) is 26.1. The lowest BCUT2D eigenvalue weighted by Gasteiger charge is -2.19. The molecular formula is C30H46N2O10. The van der Waals surface area contributed by atoms with Gasteiger partial charge in [-0.15, -0.1) is 0 Å². The van der Waals surface area contributed by atoms with E-state index in [1.54, 1.807) is 41.5 Å². The van der Waals surface area contributed by atoms with Crippen molar-refractivity contribution < 1.29 is 47.6 Å². The van der Waals surface area contributed by atoms with Crippen LogP contribution in [0, 0.1) is 0 Å². The summed E-state index contributed by atoms with van der Waals surface area (Å²) in [6, 6.07) is 2.81. The molecule has 12 heteroatoms. The minimum absolute atomic E-state index is 0.0601. The van der Waals surface area contributed by atoms with E-state index in [1.165, 1.54) is 32.6 Å². The molecule has 0 saturated carbocycles. The van der Waals surface area contributed by atoms with Crippen LogP contribution in [0.1, 0.15) is 101 Å². The first-order valence-electron chi connectivity index (χ1n) is 14.0. The number of nitrogens with zero attached hydrogens (tertiary/aromatic N) is 1. The third-order valence-electron chi connectivity index (χ3n) is 5.21. The molecule has 2 amide bonds. The highest BCUT2D eigenvalue weighted by Crippen LogP contribution is 2.31. The standard InChI is InChI=1S/C30H46N2O10/c1-29(2,3)41-27(35)31-15-11-9-13-17-39-23-20-24(22(26(34)38-8)19-21(23)25(33)37-7)40-18-14-10-12-16-32-28(36)42-30(4,5)6/h15,19-20H,9-14,16-18H2,1-8H3,(H,32,36). The second-order valence-electron chi connectivity index (χ2n) is 11.3. The van der Waals surface area contributed by atoms with Gasteiger partial charge in [-0.05, 0) is 86.1 Å². The number of hydrogen-bond donors (Lipinski definition) is 1. The fourth-order valence-corrected chi connectivity index (χ4v) is 3.38. The van der Waals surface area contributed by atoms with Crippen molar-refractivity contribution in [3.63, 3.8) is 0 Å². The molecule has 0 heterocycles. The SMILES string of the molecule is COC(=O)c1cc(C(=O)OC)c(OCCCCCNC(=O)OC(C)(C)C)cc1OCCCCC=NC(=O)OC(C)(C)C. The zero-order valence-corrected chi connectivity index (χ0v) is 26.1. The first-order chi connectivity index (χ1) is 19.7. The number of hydrogen-bond acceptors (Lipinski definition) is 10. The van der Waals surface area contributed by atoms with E-state index in [0.29, 0.717) is 38.6 Å². The summed E-state index contributed by atoms with van der Waals surface area (Å²) in [7, 11) is 2.47. The second kappa shape index (κ2) is 17.9. The van der Waals surface area contributed by atoms with Crippen LogP contribution in [-0.2, 0) is 18.9 Å². The minimum Gasteiger partial charge on any atom is -0.493 e. The molecule has 12 nitrogen and oxygen atoms in total. The monoisotopic (exact) mass is 594 g/mol. The van der Waals surface area contributed by atoms with Crippen LogP contribution in [0.15, 0.2) is 17.1 Å². The maximum atomic E-state index is 12.4. The Morgan fingerprint density at radius 3 is 1.76 bits per heavy atom. The Labute approximate surface area is 248 Å². The number of nitrogens with one attached hydrogen (secondary N) is 1. The van der Waals surface area contributed by atoms with E-state index in [9.17, 15) is 19.2 Å². The van der Waals surface area contributed by atoms with Crippen LogP contribution >= 0.6 is 0 Å². The maximum Gasteiger partial charge on any atom is 0.433 e. The van der Waals surface area contributed by atoms with Gasteiger partial charge in [-0.2, -0.15) is 4.99 Å². The summed E-state index contributed by atoms with van der Waals surface area (Å²) in [5.41, 5.74) is -1.04. The smallest absolute Gasteiger partial charge is 0.433 e. The Hall–Kier alpha value is -3.83. The van der Waals surface area contributed by atoms with Crippen molar-refractivity contribution in [2.45, 2.75) is 91.3 Å². The van der Waals surface area contributed by atoms with Crippen LogP contribution in [0.3, 0.4) is 0 Å². The van der Waals surface area contributed by atoms with Crippen molar-refractivity contribution in [1.82, 2.24) is 5.32 Å². The lowest BCUT2D eigenvalue weighted by atomic mass is 10.1. The molecule has 1 aromatic rings. The fourth-order valence-electron chi connectivity index (χ4n) is 3.38. The van der Waals surface area contributed by atoms with Gasteiger partial charge in [0.05, 0.1) is 27.4 Å². The molecule has 0 aliphatic carbocycles. The molecule has 0 unspecified atom stereocenters. The van der Waals surface area contributed by atoms with Crippen molar-refractivity contribution in [3.05, 3.63) is 23.3 Å². The normalized spacial score (nSPS) is 11.5. The number of carbonyl (C=O) groups excluding carboxylic acids is 4. The number of rotatable bonds is 15. The third kappa shape index (κ3) is 15.2. The predicted molar refractivity (Wildman–Crippen MR) is 157 cm³/mol. The number of unbranched alkanes of at least 4 members (excludes halogenated alkanes) is 4. The summed E-state index contributed by atoms with van der Waals surface area (Å²) in [6.07, 6.45) is 4.32. The molecule has 42 heavy (non-hydrogen) atoms. The Kier molecular flexibility index (Phi) is 15.4. The number of alkyl carbamates (subject to hydrolysis) is 1. The van der Waals surface area contributed by atoms with Crippen molar-refractivity contribution in [2.75, 3.05) is 34.0 Å². The molecule has 1 N–H and O–H groups in total. The highest BCUT2D eigenvalue weighted by Gasteiger charge is 2.23. The predicted octanol–water partition coefficient (Wildman–Crippen LogP) is 5.89. The van der Waals surface area contributed by atoms with E-state index in [-0.39, 0.29) is 35.8 Å². The Balaban J connectivity index is 2.73. The number of ether oxygens (including phenoxy) is 6. The molecule has 1 rings (SSSR count). The number of methoxy groups -OCH3 is 2. The van der Waals surface area contributed by atoms with Crippen molar-refractivity contribution in [2.24, 2.45) is 4.99 Å². The molecule has 0 atom stereocenters. The summed E-state index contributed by atoms with van der Waals surface area (Å²) >= 11 is 0. The topological polar surface area (TPSA) is 148 Å². The summed E-state index contributed by atoms with van der Waals surface area (Å²) in [5, 5.41) is 2.71. The van der Waals surface area contributed by atoms with Crippen molar-refractivity contribution in [3.8, 4) is 11.5 Å². The van der Waals surface area contributed by atoms with Crippen LogP contribution in [0.4, 0.5) is 9.59 Å². The van der Waals surface area contributed by atoms with Gasteiger partial charge in [-0.3, -0.25) is 0 Å². The third-order valence-corrected chi connectivity index (χ3v) is 5.21. The van der Waals surface area contributed by atoms with E-state index in [1.807, 2.05) is 0 Å². The van der Waals surface area contributed by atoms with Gasteiger partial charge >= 0.3 is 24.1 Å². The lowest BCUT2D eigenvalue weighted by molar-refractivity contribution is 0.0523. The molecule has 0 aliphatic heterocycles. The summed E-state index contributed by atoms with van der Waals surface area (Å²) in [5.74, 6) is -0.939. The quantitative estimate of drug-likeness (QED) is 0.113. The average molecular weight is 595 g/mol. The zero-order chi connectivity index (χ0) is 31.8. The number of amides is 2. The molecule has 0 fully saturated rings. The van der Waals surface area contributed by atoms with E-state index >= 15 is 0 Å². The fraction of sp³-hybridized carbons (Fsp3) is 0.633. The molecule has 0 spiro atoms. The van der Waals surface area contributed by atoms with E-state index in [2.05, 4.69) is 10.3 Å². The molecule has 0 aromatic heterocycles. The van der Waals surface area contributed by atoms with E-state index < -0.39 is 35.3 Å². The Morgan fingerprint density at radius 2 is 1.26 bits per heavy atom. The Bertz CT molecular complexity index is 1070. The van der Waals surface area contributed by atoms with Crippen molar-refractivity contribution in [1.29, 1.82) is 0 Å². The lowest BCUT2D eigenvalue weighted by Crippen LogP contribution is -2.33. The van der Waals surface area contributed by atoms with Crippen LogP contribution in [0.2, 0.25) is 0 Å². The van der Waals surface area contributed by atoms with Crippen LogP contribution < -0.4 is 14.8 Å². The number of carbonyl (C=O) groups is 4. The van der Waals surface area contributed by atoms with Gasteiger partial charge in [0.1, 0.15) is 33.8 Å².